The Morgan fingerprint density at radius 3 is 0.899 bits per heavy atom. The Bertz CT molecular complexity index is 3760. The van der Waals surface area contributed by atoms with Crippen molar-refractivity contribution in [2.24, 2.45) is 4.74 Å². The molecule has 0 aromatic carbocycles. The first-order chi connectivity index (χ1) is 69.8. The summed E-state index contributed by atoms with van der Waals surface area (Å²) < 4.78 is 96.7. The van der Waals surface area contributed by atoms with E-state index >= 15 is 0 Å². The number of aliphatic hydroxyl groups is 6. The lowest BCUT2D eigenvalue weighted by Gasteiger charge is -2.28. The van der Waals surface area contributed by atoms with E-state index in [4.69, 9.17) is 163 Å². The molecule has 149 heavy (non-hydrogen) atoms. The summed E-state index contributed by atoms with van der Waals surface area (Å²) in [4.78, 5) is 116. The normalized spacial score (nSPS) is 30.3. The highest BCUT2D eigenvalue weighted by Crippen LogP contribution is 2.60. The highest BCUT2D eigenvalue weighted by molar-refractivity contribution is 9.10. The van der Waals surface area contributed by atoms with Gasteiger partial charge < -0.3 is 163 Å². The summed E-state index contributed by atoms with van der Waals surface area (Å²) in [6, 6.07) is -2.54. The number of carbonyl (C=O) groups is 10. The number of nitrogens with zero attached hydrogens (tertiary/aromatic N) is 3. The molecule has 15 unspecified atom stereocenters. The van der Waals surface area contributed by atoms with Crippen molar-refractivity contribution in [3.05, 3.63) is 11.4 Å². The summed E-state index contributed by atoms with van der Waals surface area (Å²) in [6.07, 6.45) is -12.5. The molecule has 0 aromatic rings. The number of ether oxygens (including phenoxy) is 15. The minimum atomic E-state index is -1.74. The zero-order chi connectivity index (χ0) is 115. The van der Waals surface area contributed by atoms with E-state index in [0.717, 1.165) is 6.16 Å². The van der Waals surface area contributed by atoms with Gasteiger partial charge in [0.15, 0.2) is 14.5 Å². The fraction of sp³-hybridized carbons (Fsp3) is 0.871. The lowest BCUT2D eigenvalue weighted by molar-refractivity contribution is -0.162. The summed E-state index contributed by atoms with van der Waals surface area (Å²) in [6.45, 7) is 43.8. The van der Waals surface area contributed by atoms with Crippen LogP contribution in [0.25, 0.3) is 4.85 Å². The van der Waals surface area contributed by atoms with Crippen molar-refractivity contribution in [1.29, 1.82) is 5.26 Å². The SMILES string of the molecule is CC(C)N=P(Cl)(CCC#N)C(C)C.CNC(=O)C(C)Br.CNC(=O)C(C)OC.[B][C@@H]1O[C@H](CC)[C@H](O)C1O.[B][C@@H]1O[C@H](CC)[C@H](O)C1OC(C)C(=O)NC.[B][C@@H]1O[C@H](CC)[C@H](O)C1OC(C)C(=O)NC.[B][C@@H]1O[C@H](CC)[C@H](O)C1O[C@@H](C)C(=O)NC.[B][C@@H]1O[C@H](CC)[C@H](O)C1O[C@H](C)C(=O)NC.[B][C@@H]1O[C@H](CC)[C@H](OC(=O)CCC(=O)NC)C1OC(C)C(=O)NC.[B][C@@H]1O[C@H](CC)[C@H](OP(C)OCC[N+]#[C-])C1OC(C)C(=O)NC. The average molecular weight is 2240 g/mol. The van der Waals surface area contributed by atoms with Crippen molar-refractivity contribution >= 4 is 156 Å². The third kappa shape index (κ3) is 53.1. The molecule has 0 saturated carbocycles. The molecule has 56 heteroatoms. The van der Waals surface area contributed by atoms with Crippen LogP contribution in [0.5, 0.6) is 0 Å². The third-order valence-electron chi connectivity index (χ3n) is 23.4. The Morgan fingerprint density at radius 2 is 0.678 bits per heavy atom. The van der Waals surface area contributed by atoms with E-state index < -0.39 is 191 Å². The molecule has 7 aliphatic rings. The number of amides is 9. The number of alkyl halides is 1. The van der Waals surface area contributed by atoms with Gasteiger partial charge in [-0.1, -0.05) is 89.5 Å². The second-order valence-electron chi connectivity index (χ2n) is 35.2. The van der Waals surface area contributed by atoms with Crippen LogP contribution in [-0.2, 0) is 128 Å². The zero-order valence-corrected chi connectivity index (χ0v) is 96.5. The first-order valence-electron chi connectivity index (χ1n) is 50.0. The number of carbonyl (C=O) groups excluding carboxylic acids is 10. The average Bonchev–Trinajstić information content (AvgIpc) is 1.67. The van der Waals surface area contributed by atoms with Crippen LogP contribution in [0, 0.1) is 17.9 Å². The molecular formula is C93H169B7BrClN12O33P2. The van der Waals surface area contributed by atoms with Crippen LogP contribution < -0.4 is 47.9 Å². The van der Waals surface area contributed by atoms with Gasteiger partial charge >= 0.3 is 5.97 Å². The maximum Gasteiger partial charge on any atom is 0.306 e. The monoisotopic (exact) mass is 2240 g/mol. The number of methoxy groups -OCH3 is 1. The van der Waals surface area contributed by atoms with E-state index in [0.29, 0.717) is 70.2 Å². The summed E-state index contributed by atoms with van der Waals surface area (Å²) in [5, 5.41) is 88.4. The number of esters is 1. The van der Waals surface area contributed by atoms with Gasteiger partial charge in [0.05, 0.1) is 72.6 Å². The third-order valence-corrected chi connectivity index (χ3v) is 30.2. The molecule has 7 heterocycles. The van der Waals surface area contributed by atoms with Crippen molar-refractivity contribution in [1.82, 2.24) is 47.9 Å². The van der Waals surface area contributed by atoms with Crippen LogP contribution in [0.2, 0.25) is 0 Å². The molecule has 0 aliphatic carbocycles. The molecule has 0 bridgehead atoms. The van der Waals surface area contributed by atoms with Gasteiger partial charge in [-0.2, -0.15) is 5.26 Å². The molecule has 14 radical (unpaired) electrons. The summed E-state index contributed by atoms with van der Waals surface area (Å²) in [7, 11) is 54.1. The second-order valence-corrected chi connectivity index (χ2v) is 42.8. The number of nitrogens with one attached hydrogen (secondary N) is 9. The van der Waals surface area contributed by atoms with E-state index in [1.165, 1.54) is 49.4 Å². The smallest absolute Gasteiger partial charge is 0.306 e. The molecule has 0 spiro atoms. The Hall–Kier alpha value is -5.32. The Balaban J connectivity index is -0.00000162. The van der Waals surface area contributed by atoms with Gasteiger partial charge in [0, 0.05) is 150 Å². The van der Waals surface area contributed by atoms with Gasteiger partial charge in [-0.25, -0.2) is 6.57 Å². The topological polar surface area (TPSA) is 598 Å². The molecular weight excluding hydrogens is 2070 g/mol. The molecule has 7 aliphatic heterocycles. The molecule has 0 aromatic heterocycles. The number of hydrogen-bond donors (Lipinski definition) is 15. The Morgan fingerprint density at radius 1 is 0.409 bits per heavy atom. The lowest BCUT2D eigenvalue weighted by atomic mass is 9.92. The van der Waals surface area contributed by atoms with Crippen LogP contribution in [0.3, 0.4) is 0 Å². The van der Waals surface area contributed by atoms with Crippen molar-refractivity contribution in [3.8, 4) is 6.07 Å². The summed E-state index contributed by atoms with van der Waals surface area (Å²) in [5.74, 6) is -2.42. The number of aliphatic hydroxyl groups excluding tert-OH is 6. The fourth-order valence-corrected chi connectivity index (χ4v) is 18.5. The van der Waals surface area contributed by atoms with Gasteiger partial charge in [-0.15, -0.1) is 0 Å². The van der Waals surface area contributed by atoms with Crippen LogP contribution in [0.1, 0.15) is 196 Å². The zero-order valence-electron chi connectivity index (χ0n) is 92.4. The lowest BCUT2D eigenvalue weighted by Crippen LogP contribution is -2.44. The molecule has 7 saturated heterocycles. The molecule has 45 nitrogen and oxygen atoms in total. The van der Waals surface area contributed by atoms with Crippen LogP contribution in [0.15, 0.2) is 4.74 Å². The standard InChI is InChI=1S/C15H25BN2O6.C14H24BN2O5P.4C10H18BNO4.C9H18ClN2P.C6H11BO3.C5H11NO2.C4H8BrNO/c1-5-9-12(24-11(20)7-6-10(19)17-3)13(14(16)23-9)22-8(2)15(21)18-4;1-6-10-11(22-23(5)19-8-7-16-3)12(13(15)21-10)20-9(2)14(18)17-4;4*1-4-6-7(13)8(9(11)16-6)15-5(2)10(14)12-3;1-8(2)12-13(10,9(3)4)7-5-6-11;1-2-3-4(8)5(9)6(7)10-3;1-4(8-3)5(7)6-2;1-3(5)4(7)6-2/h8-9,12-14H,5-7H2,1-4H3,(H,17,19)(H,18,21);9-13H,6-8H2,1-2,4-5H3,(H,17,18);4*5-9,13H,4H2,1-3H3,(H,12,14);8-9H,5,7H2,1-4H3;3-6,8-9H,2H2,1H3;4H,1-3H3,(H,6,7);3H,1-2H3,(H,6,7)/t8?,9-,12+,13?,14-;9?,10-,11+,12?,13-,23?;2*5?,6-,7+,8?,9-;5-,6+,7-,8?,9+;5-,6-,7+,8?,9-;;3-,4+,5?,6-;;/m111101.1../s1. The van der Waals surface area contributed by atoms with Gasteiger partial charge in [0.1, 0.15) is 178 Å². The number of rotatable bonds is 41. The van der Waals surface area contributed by atoms with E-state index in [1.807, 2.05) is 69.0 Å². The first kappa shape index (κ1) is 148. The fourth-order valence-electron chi connectivity index (χ4n) is 14.4. The number of halogens is 2. The van der Waals surface area contributed by atoms with Crippen LogP contribution in [-0.4, -0.2) is 471 Å². The molecule has 844 valence electrons. The van der Waals surface area contributed by atoms with Gasteiger partial charge in [-0.05, 0) is 114 Å². The molecule has 7 fully saturated rings. The molecule has 7 rings (SSSR count). The highest BCUT2D eigenvalue weighted by Gasteiger charge is 2.50. The number of hydrogen-bond acceptors (Lipinski definition) is 35. The maximum absolute atomic E-state index is 12.0. The van der Waals surface area contributed by atoms with E-state index in [1.54, 1.807) is 76.5 Å². The minimum absolute atomic E-state index is 0.0139. The van der Waals surface area contributed by atoms with E-state index in [9.17, 15) is 73.5 Å². The van der Waals surface area contributed by atoms with E-state index in [2.05, 4.69) is 93.3 Å². The molecule has 15 N–H and O–H groups in total. The van der Waals surface area contributed by atoms with Crippen molar-refractivity contribution in [2.45, 2.75) is 425 Å². The predicted octanol–water partition coefficient (Wildman–Crippen LogP) is 0.368. The number of nitriles is 1. The highest BCUT2D eigenvalue weighted by atomic mass is 79.9. The van der Waals surface area contributed by atoms with Gasteiger partial charge in [0.2, 0.25) is 59.7 Å². The summed E-state index contributed by atoms with van der Waals surface area (Å²) in [5.41, 5.74) is 0.380. The maximum atomic E-state index is 12.0. The Kier molecular flexibility index (Phi) is 79.0. The minimum Gasteiger partial charge on any atom is -0.457 e. The molecule has 38 atom stereocenters. The first-order valence-corrected chi connectivity index (χ1v) is 55.5. The van der Waals surface area contributed by atoms with Crippen molar-refractivity contribution in [3.63, 3.8) is 0 Å². The largest absolute Gasteiger partial charge is 0.457 e. The predicted molar refractivity (Wildman–Crippen MR) is 571 cm³/mol. The summed E-state index contributed by atoms with van der Waals surface area (Å²) >= 11 is 9.53. The quantitative estimate of drug-likeness (QED) is 0.00982. The van der Waals surface area contributed by atoms with Crippen LogP contribution in [0.4, 0.5) is 0 Å². The number of likely N-dealkylation sites (N-methyl/N-ethyl adjacent to an activating group) is 7. The van der Waals surface area contributed by atoms with Crippen molar-refractivity contribution < 1.29 is 159 Å². The van der Waals surface area contributed by atoms with Gasteiger partial charge in [0.25, 0.3) is 0 Å². The van der Waals surface area contributed by atoms with E-state index in [-0.39, 0.29) is 120 Å². The molecule has 9 amide bonds. The van der Waals surface area contributed by atoms with Gasteiger partial charge in [-0.3, -0.25) is 52.7 Å². The van der Waals surface area contributed by atoms with Crippen molar-refractivity contribution in [2.75, 3.05) is 96.5 Å². The second kappa shape index (κ2) is 79.6. The Labute approximate surface area is 906 Å². The van der Waals surface area contributed by atoms with Crippen LogP contribution >= 0.6 is 42.0 Å².